The fraction of sp³-hybridized carbons (Fsp3) is 0.611. The molecule has 162 valence electrons. The number of carbonyl (C=O) groups is 1. The maximum atomic E-state index is 13.6. The van der Waals surface area contributed by atoms with Crippen LogP contribution in [-0.2, 0) is 23.4 Å². The van der Waals surface area contributed by atoms with E-state index in [-0.39, 0.29) is 18.5 Å². The van der Waals surface area contributed by atoms with Crippen molar-refractivity contribution in [3.8, 4) is 5.75 Å². The number of hydrogen-bond acceptors (Lipinski definition) is 7. The number of halogens is 1. The van der Waals surface area contributed by atoms with Crippen LogP contribution in [-0.4, -0.2) is 60.8 Å². The predicted molar refractivity (Wildman–Crippen MR) is 112 cm³/mol. The summed E-state index contributed by atoms with van der Waals surface area (Å²) in [5.74, 6) is -0.333. The number of rotatable bonds is 9. The maximum Gasteiger partial charge on any atom is 0.459 e. The Labute approximate surface area is 177 Å². The molecule has 2 N–H and O–H groups in total. The first-order chi connectivity index (χ1) is 13.5. The third-order valence-corrected chi connectivity index (χ3v) is 6.71. The molecule has 0 spiro atoms. The van der Waals surface area contributed by atoms with Crippen molar-refractivity contribution in [3.63, 3.8) is 0 Å². The minimum absolute atomic E-state index is 0.275. The van der Waals surface area contributed by atoms with E-state index in [9.17, 15) is 14.5 Å². The fourth-order valence-corrected chi connectivity index (χ4v) is 4.93. The number of hydrogen-bond donors (Lipinski definition) is 2. The molecule has 1 aromatic rings. The Morgan fingerprint density at radius 2 is 2.00 bits per heavy atom. The molecule has 11 heteroatoms. The van der Waals surface area contributed by atoms with E-state index in [1.54, 1.807) is 58.9 Å². The summed E-state index contributed by atoms with van der Waals surface area (Å²) in [6, 6.07) is 6.94. The van der Waals surface area contributed by atoms with Gasteiger partial charge in [0, 0.05) is 6.00 Å². The molecule has 0 amide bonds. The summed E-state index contributed by atoms with van der Waals surface area (Å²) in [5, 5.41) is 12.3. The molecule has 0 aromatic heterocycles. The van der Waals surface area contributed by atoms with Crippen molar-refractivity contribution in [1.29, 1.82) is 0 Å². The molecule has 1 aliphatic heterocycles. The second kappa shape index (κ2) is 9.81. The zero-order valence-corrected chi connectivity index (χ0v) is 18.9. The van der Waals surface area contributed by atoms with Crippen LogP contribution in [0.15, 0.2) is 30.3 Å². The summed E-state index contributed by atoms with van der Waals surface area (Å²) in [6.07, 6.45) is -2.10. The van der Waals surface area contributed by atoms with Gasteiger partial charge < -0.3 is 19.1 Å². The van der Waals surface area contributed by atoms with Crippen molar-refractivity contribution < 1.29 is 33.0 Å². The smallest absolute Gasteiger partial charge is 0.459 e. The summed E-state index contributed by atoms with van der Waals surface area (Å²) >= 11 is 6.58. The number of esters is 1. The predicted octanol–water partition coefficient (Wildman–Crippen LogP) is 1.84. The molecule has 1 unspecified atom stereocenters. The molecule has 0 aliphatic carbocycles. The van der Waals surface area contributed by atoms with Gasteiger partial charge in [0.1, 0.15) is 31.8 Å². The third kappa shape index (κ3) is 6.20. The molecular weight excluding hydrogens is 419 g/mol. The monoisotopic (exact) mass is 447 g/mol. The number of ether oxygens (including phenoxy) is 2. The maximum absolute atomic E-state index is 13.6. The summed E-state index contributed by atoms with van der Waals surface area (Å²) in [4.78, 5) is 11.1. The largest absolute Gasteiger partial charge is 0.462 e. The standard InChI is InChI=1S/C18H28BClNO7P/c1-11(2)25-16(23)12(3)21-29(24,27-13-8-6-5-7-9-13)28-15-14(10-22)26-17(19)18(15,4)20/h5-9,11-12,14-15,17,22H,10,19H2,1-4H3,(H,21,24)/t12-,14+,15+,17+,18+,29?/m0/s1. The van der Waals surface area contributed by atoms with Gasteiger partial charge in [0.25, 0.3) is 0 Å². The van der Waals surface area contributed by atoms with E-state index in [4.69, 9.17) is 30.1 Å². The van der Waals surface area contributed by atoms with E-state index in [0.29, 0.717) is 0 Å². The van der Waals surface area contributed by atoms with E-state index in [1.807, 2.05) is 0 Å². The van der Waals surface area contributed by atoms with Gasteiger partial charge in [0.2, 0.25) is 0 Å². The molecule has 0 bridgehead atoms. The number of aliphatic hydroxyl groups excluding tert-OH is 1. The Morgan fingerprint density at radius 1 is 1.38 bits per heavy atom. The summed E-state index contributed by atoms with van der Waals surface area (Å²) in [5.41, 5.74) is 0. The van der Waals surface area contributed by atoms with Crippen LogP contribution in [0, 0.1) is 0 Å². The lowest BCUT2D eigenvalue weighted by molar-refractivity contribution is -0.149. The van der Waals surface area contributed by atoms with Gasteiger partial charge in [0.05, 0.1) is 17.6 Å². The highest BCUT2D eigenvalue weighted by atomic mass is 35.5. The summed E-state index contributed by atoms with van der Waals surface area (Å²) < 4.78 is 35.9. The average molecular weight is 448 g/mol. The first-order valence-corrected chi connectivity index (χ1v) is 11.4. The minimum Gasteiger partial charge on any atom is -0.462 e. The lowest BCUT2D eigenvalue weighted by atomic mass is 9.85. The number of nitrogens with one attached hydrogen (secondary N) is 1. The van der Waals surface area contributed by atoms with E-state index in [1.165, 1.54) is 6.92 Å². The van der Waals surface area contributed by atoms with Gasteiger partial charge in [-0.25, -0.2) is 4.57 Å². The molecule has 2 rings (SSSR count). The van der Waals surface area contributed by atoms with Crippen LogP contribution < -0.4 is 9.61 Å². The van der Waals surface area contributed by atoms with Gasteiger partial charge in [-0.3, -0.25) is 9.32 Å². The quantitative estimate of drug-likeness (QED) is 0.256. The Kier molecular flexibility index (Phi) is 8.19. The van der Waals surface area contributed by atoms with Gasteiger partial charge in [0.15, 0.2) is 0 Å². The number of benzene rings is 1. The lowest BCUT2D eigenvalue weighted by Crippen LogP contribution is -2.45. The van der Waals surface area contributed by atoms with Crippen LogP contribution in [0.2, 0.25) is 0 Å². The topological polar surface area (TPSA) is 103 Å². The van der Waals surface area contributed by atoms with Crippen LogP contribution in [0.1, 0.15) is 27.7 Å². The SMILES string of the molecule is B[C@@H]1O[C@H](CO)[C@@H](OP(=O)(N[C@@H](C)C(=O)OC(C)C)Oc2ccccc2)[C@@]1(C)Cl. The second-order valence-corrected chi connectivity index (χ2v) is 9.88. The van der Waals surface area contributed by atoms with Gasteiger partial charge in [-0.1, -0.05) is 18.2 Å². The van der Waals surface area contributed by atoms with Crippen molar-refractivity contribution in [2.24, 2.45) is 0 Å². The van der Waals surface area contributed by atoms with Crippen LogP contribution in [0.5, 0.6) is 5.75 Å². The molecule has 0 radical (unpaired) electrons. The number of aliphatic hydroxyl groups is 1. The number of alkyl halides is 1. The highest BCUT2D eigenvalue weighted by Gasteiger charge is 2.54. The molecule has 1 fully saturated rings. The van der Waals surface area contributed by atoms with Crippen molar-refractivity contribution in [1.82, 2.24) is 5.09 Å². The molecule has 1 aliphatic rings. The molecule has 6 atom stereocenters. The van der Waals surface area contributed by atoms with Gasteiger partial charge in [-0.05, 0) is 39.8 Å². The van der Waals surface area contributed by atoms with Crippen LogP contribution in [0.4, 0.5) is 0 Å². The fourth-order valence-electron chi connectivity index (χ4n) is 2.84. The first kappa shape index (κ1) is 24.2. The van der Waals surface area contributed by atoms with Gasteiger partial charge in [-0.15, -0.1) is 11.6 Å². The molecule has 1 heterocycles. The summed E-state index contributed by atoms with van der Waals surface area (Å²) in [7, 11) is -2.39. The highest BCUT2D eigenvalue weighted by molar-refractivity contribution is 7.52. The zero-order chi connectivity index (χ0) is 21.8. The molecular formula is C18H28BClNO7P. The van der Waals surface area contributed by atoms with Crippen LogP contribution in [0.25, 0.3) is 0 Å². The summed E-state index contributed by atoms with van der Waals surface area (Å²) in [6.45, 7) is 6.20. The Morgan fingerprint density at radius 3 is 2.55 bits per heavy atom. The Bertz CT molecular complexity index is 736. The highest BCUT2D eigenvalue weighted by Crippen LogP contribution is 2.51. The molecule has 29 heavy (non-hydrogen) atoms. The Hall–Kier alpha value is -1.09. The minimum atomic E-state index is -4.13. The second-order valence-electron chi connectivity index (χ2n) is 7.41. The molecule has 8 nitrogen and oxygen atoms in total. The molecule has 1 aromatic carbocycles. The normalized spacial score (nSPS) is 30.0. The van der Waals surface area contributed by atoms with Crippen LogP contribution in [0.3, 0.4) is 0 Å². The number of carbonyl (C=O) groups excluding carboxylic acids is 1. The third-order valence-electron chi connectivity index (χ3n) is 4.53. The van der Waals surface area contributed by atoms with Gasteiger partial charge >= 0.3 is 13.7 Å². The average Bonchev–Trinajstić information content (AvgIpc) is 2.84. The van der Waals surface area contributed by atoms with Gasteiger partial charge in [-0.2, -0.15) is 5.09 Å². The van der Waals surface area contributed by atoms with Crippen molar-refractivity contribution in [3.05, 3.63) is 30.3 Å². The zero-order valence-electron chi connectivity index (χ0n) is 17.2. The molecule has 0 saturated carbocycles. The van der Waals surface area contributed by atoms with E-state index >= 15 is 0 Å². The van der Waals surface area contributed by atoms with E-state index in [0.717, 1.165) is 0 Å². The molecule has 1 saturated heterocycles. The lowest BCUT2D eigenvalue weighted by Gasteiger charge is -2.32. The van der Waals surface area contributed by atoms with Crippen molar-refractivity contribution >= 4 is 33.2 Å². The van der Waals surface area contributed by atoms with Crippen molar-refractivity contribution in [2.45, 2.75) is 62.9 Å². The van der Waals surface area contributed by atoms with Crippen LogP contribution >= 0.6 is 19.3 Å². The van der Waals surface area contributed by atoms with E-state index in [2.05, 4.69) is 5.09 Å². The van der Waals surface area contributed by atoms with E-state index < -0.39 is 42.8 Å². The first-order valence-electron chi connectivity index (χ1n) is 9.45. The Balaban J connectivity index is 2.29. The number of para-hydroxylation sites is 1. The van der Waals surface area contributed by atoms with Crippen molar-refractivity contribution in [2.75, 3.05) is 6.61 Å².